The van der Waals surface area contributed by atoms with E-state index < -0.39 is 0 Å². The Morgan fingerprint density at radius 2 is 1.79 bits per heavy atom. The van der Waals surface area contributed by atoms with Gasteiger partial charge in [-0.1, -0.05) is 34.1 Å². The van der Waals surface area contributed by atoms with Gasteiger partial charge in [-0.05, 0) is 25.8 Å². The maximum atomic E-state index is 5.80. The number of likely N-dealkylation sites (N-methyl/N-ethyl adjacent to an activating group) is 1. The van der Waals surface area contributed by atoms with Crippen molar-refractivity contribution < 1.29 is 0 Å². The van der Waals surface area contributed by atoms with Gasteiger partial charge in [-0.25, -0.2) is 0 Å². The molecule has 2 unspecified atom stereocenters. The molecule has 0 aliphatic carbocycles. The Morgan fingerprint density at radius 1 is 1.29 bits per heavy atom. The van der Waals surface area contributed by atoms with Crippen LogP contribution in [0, 0.1) is 5.41 Å². The Morgan fingerprint density at radius 3 is 2.07 bits per heavy atom. The summed E-state index contributed by atoms with van der Waals surface area (Å²) < 4.78 is 0. The fourth-order valence-corrected chi connectivity index (χ4v) is 1.75. The van der Waals surface area contributed by atoms with Gasteiger partial charge >= 0.3 is 0 Å². The van der Waals surface area contributed by atoms with Crippen LogP contribution in [0.2, 0.25) is 0 Å². The van der Waals surface area contributed by atoms with E-state index in [0.717, 1.165) is 6.54 Å². The molecule has 2 nitrogen and oxygen atoms in total. The average molecular weight is 200 g/mol. The molecule has 0 bridgehead atoms. The van der Waals surface area contributed by atoms with Crippen LogP contribution in [0.15, 0.2) is 0 Å². The molecular weight excluding hydrogens is 172 g/mol. The van der Waals surface area contributed by atoms with E-state index in [4.69, 9.17) is 5.73 Å². The fraction of sp³-hybridized carbons (Fsp3) is 1.00. The zero-order valence-corrected chi connectivity index (χ0v) is 10.8. The third-order valence-corrected chi connectivity index (χ3v) is 3.33. The first-order valence-corrected chi connectivity index (χ1v) is 5.76. The van der Waals surface area contributed by atoms with Gasteiger partial charge in [0.15, 0.2) is 0 Å². The summed E-state index contributed by atoms with van der Waals surface area (Å²) in [6.07, 6.45) is 2.41. The van der Waals surface area contributed by atoms with Crippen LogP contribution in [0.25, 0.3) is 0 Å². The predicted molar refractivity (Wildman–Crippen MR) is 64.4 cm³/mol. The molecule has 0 saturated heterocycles. The molecule has 0 spiro atoms. The molecular formula is C12H28N2. The van der Waals surface area contributed by atoms with Crippen molar-refractivity contribution in [1.29, 1.82) is 0 Å². The molecule has 0 aromatic heterocycles. The van der Waals surface area contributed by atoms with Crippen molar-refractivity contribution >= 4 is 0 Å². The van der Waals surface area contributed by atoms with E-state index in [-0.39, 0.29) is 0 Å². The van der Waals surface area contributed by atoms with Crippen molar-refractivity contribution in [2.45, 2.75) is 59.5 Å². The maximum Gasteiger partial charge on any atom is 0.0218 e. The van der Waals surface area contributed by atoms with E-state index >= 15 is 0 Å². The zero-order chi connectivity index (χ0) is 11.4. The molecule has 0 aromatic rings. The second kappa shape index (κ2) is 5.72. The Hall–Kier alpha value is -0.0800. The highest BCUT2D eigenvalue weighted by molar-refractivity contribution is 4.82. The molecule has 2 heteroatoms. The van der Waals surface area contributed by atoms with Crippen LogP contribution in [0.5, 0.6) is 0 Å². The molecule has 0 rings (SSSR count). The molecule has 14 heavy (non-hydrogen) atoms. The minimum absolute atomic E-state index is 0.329. The fourth-order valence-electron chi connectivity index (χ4n) is 1.75. The standard InChI is InChI=1S/C12H28N2/c1-7-8-11(9-13)14(6)10(2)12(3,4)5/h10-11H,7-9,13H2,1-6H3. The molecule has 0 aliphatic heterocycles. The highest BCUT2D eigenvalue weighted by atomic mass is 15.2. The smallest absolute Gasteiger partial charge is 0.0218 e. The second-order valence-corrected chi connectivity index (χ2v) is 5.39. The summed E-state index contributed by atoms with van der Waals surface area (Å²) in [5.74, 6) is 0. The van der Waals surface area contributed by atoms with E-state index in [0.29, 0.717) is 17.5 Å². The minimum atomic E-state index is 0.329. The van der Waals surface area contributed by atoms with Gasteiger partial charge in [-0.3, -0.25) is 4.90 Å². The first kappa shape index (κ1) is 13.9. The summed E-state index contributed by atoms with van der Waals surface area (Å²) >= 11 is 0. The number of nitrogens with two attached hydrogens (primary N) is 1. The predicted octanol–water partition coefficient (Wildman–Crippen LogP) is 2.48. The summed E-state index contributed by atoms with van der Waals surface area (Å²) in [6.45, 7) is 12.1. The highest BCUT2D eigenvalue weighted by Crippen LogP contribution is 2.25. The van der Waals surface area contributed by atoms with Gasteiger partial charge in [0.2, 0.25) is 0 Å². The third-order valence-electron chi connectivity index (χ3n) is 3.33. The Labute approximate surface area is 89.9 Å². The summed E-state index contributed by atoms with van der Waals surface area (Å²) in [4.78, 5) is 2.43. The third kappa shape index (κ3) is 3.97. The van der Waals surface area contributed by atoms with Crippen LogP contribution < -0.4 is 5.73 Å². The first-order valence-electron chi connectivity index (χ1n) is 5.76. The van der Waals surface area contributed by atoms with Crippen LogP contribution in [0.1, 0.15) is 47.5 Å². The van der Waals surface area contributed by atoms with Gasteiger partial charge in [0.25, 0.3) is 0 Å². The Bertz CT molecular complexity index is 149. The molecule has 86 valence electrons. The summed E-state index contributed by atoms with van der Waals surface area (Å²) in [5.41, 5.74) is 6.13. The monoisotopic (exact) mass is 200 g/mol. The first-order chi connectivity index (χ1) is 6.34. The molecule has 0 fully saturated rings. The molecule has 0 amide bonds. The molecule has 0 aliphatic rings. The van der Waals surface area contributed by atoms with Gasteiger partial charge in [0.05, 0.1) is 0 Å². The highest BCUT2D eigenvalue weighted by Gasteiger charge is 2.27. The lowest BCUT2D eigenvalue weighted by Crippen LogP contribution is -2.48. The van der Waals surface area contributed by atoms with Crippen molar-refractivity contribution in [2.75, 3.05) is 13.6 Å². The lowest BCUT2D eigenvalue weighted by molar-refractivity contribution is 0.0956. The molecule has 0 aromatic carbocycles. The largest absolute Gasteiger partial charge is 0.329 e. The molecule has 2 atom stereocenters. The minimum Gasteiger partial charge on any atom is -0.329 e. The van der Waals surface area contributed by atoms with Crippen LogP contribution in [0.3, 0.4) is 0 Å². The molecule has 0 saturated carbocycles. The van der Waals surface area contributed by atoms with E-state index in [1.54, 1.807) is 0 Å². The van der Waals surface area contributed by atoms with Crippen LogP contribution in [0.4, 0.5) is 0 Å². The number of nitrogens with zero attached hydrogens (tertiary/aromatic N) is 1. The number of hydrogen-bond acceptors (Lipinski definition) is 2. The van der Waals surface area contributed by atoms with E-state index in [1.807, 2.05) is 0 Å². The van der Waals surface area contributed by atoms with Crippen molar-refractivity contribution in [1.82, 2.24) is 4.90 Å². The van der Waals surface area contributed by atoms with Gasteiger partial charge in [-0.2, -0.15) is 0 Å². The maximum absolute atomic E-state index is 5.80. The molecule has 0 heterocycles. The van der Waals surface area contributed by atoms with Crippen molar-refractivity contribution in [3.63, 3.8) is 0 Å². The average Bonchev–Trinajstić information content (AvgIpc) is 2.10. The summed E-state index contributed by atoms with van der Waals surface area (Å²) in [6, 6.07) is 1.11. The van der Waals surface area contributed by atoms with Gasteiger partial charge in [-0.15, -0.1) is 0 Å². The van der Waals surface area contributed by atoms with Gasteiger partial charge in [0.1, 0.15) is 0 Å². The van der Waals surface area contributed by atoms with Crippen molar-refractivity contribution in [3.05, 3.63) is 0 Å². The van der Waals surface area contributed by atoms with Crippen LogP contribution in [-0.2, 0) is 0 Å². The Balaban J connectivity index is 4.33. The molecule has 2 N–H and O–H groups in total. The van der Waals surface area contributed by atoms with Gasteiger partial charge in [0, 0.05) is 18.6 Å². The number of hydrogen-bond donors (Lipinski definition) is 1. The van der Waals surface area contributed by atoms with E-state index in [9.17, 15) is 0 Å². The normalized spacial score (nSPS) is 17.1. The van der Waals surface area contributed by atoms with Crippen LogP contribution >= 0.6 is 0 Å². The topological polar surface area (TPSA) is 29.3 Å². The van der Waals surface area contributed by atoms with Gasteiger partial charge < -0.3 is 5.73 Å². The van der Waals surface area contributed by atoms with Crippen molar-refractivity contribution in [3.8, 4) is 0 Å². The van der Waals surface area contributed by atoms with E-state index in [1.165, 1.54) is 12.8 Å². The quantitative estimate of drug-likeness (QED) is 0.739. The van der Waals surface area contributed by atoms with E-state index in [2.05, 4.69) is 46.6 Å². The summed E-state index contributed by atoms with van der Waals surface area (Å²) in [7, 11) is 2.20. The number of rotatable bonds is 5. The Kier molecular flexibility index (Phi) is 5.68. The zero-order valence-electron chi connectivity index (χ0n) is 10.8. The SMILES string of the molecule is CCCC(CN)N(C)C(C)C(C)(C)C. The summed E-state index contributed by atoms with van der Waals surface area (Å²) in [5, 5.41) is 0. The lowest BCUT2D eigenvalue weighted by Gasteiger charge is -2.40. The van der Waals surface area contributed by atoms with Crippen molar-refractivity contribution in [2.24, 2.45) is 11.1 Å². The second-order valence-electron chi connectivity index (χ2n) is 5.39. The lowest BCUT2D eigenvalue weighted by atomic mass is 9.86. The molecule has 0 radical (unpaired) electrons. The van der Waals surface area contributed by atoms with Crippen LogP contribution in [-0.4, -0.2) is 30.6 Å².